The van der Waals surface area contributed by atoms with Crippen molar-refractivity contribution in [3.63, 3.8) is 0 Å². The zero-order chi connectivity index (χ0) is 17.3. The van der Waals surface area contributed by atoms with Gasteiger partial charge < -0.3 is 25.4 Å². The Labute approximate surface area is 153 Å². The van der Waals surface area contributed by atoms with Gasteiger partial charge in [0.25, 0.3) is 0 Å². The summed E-state index contributed by atoms with van der Waals surface area (Å²) in [5, 5.41) is 2.76. The van der Waals surface area contributed by atoms with E-state index in [0.717, 1.165) is 5.69 Å². The molecule has 1 unspecified atom stereocenters. The Kier molecular flexibility index (Phi) is 5.80. The SMILES string of the molecule is CC(C)(N)CNC(=O)C1CCN(c2ccc3c(c2)OCCO3)C1=O.Cl. The van der Waals surface area contributed by atoms with Crippen molar-refractivity contribution in [3.05, 3.63) is 18.2 Å². The number of benzene rings is 1. The van der Waals surface area contributed by atoms with Gasteiger partial charge in [-0.25, -0.2) is 0 Å². The van der Waals surface area contributed by atoms with Gasteiger partial charge in [0.05, 0.1) is 0 Å². The summed E-state index contributed by atoms with van der Waals surface area (Å²) in [4.78, 5) is 26.5. The Balaban J connectivity index is 0.00000225. The molecule has 2 heterocycles. The second-order valence-corrected chi connectivity index (χ2v) is 6.87. The van der Waals surface area contributed by atoms with Gasteiger partial charge in [-0.1, -0.05) is 0 Å². The summed E-state index contributed by atoms with van der Waals surface area (Å²) in [5.74, 6) is 0.179. The first kappa shape index (κ1) is 19.3. The number of fused-ring (bicyclic) bond motifs is 1. The molecule has 3 rings (SSSR count). The number of nitrogens with one attached hydrogen (secondary N) is 1. The average Bonchev–Trinajstić information content (AvgIpc) is 2.93. The second kappa shape index (κ2) is 7.49. The Morgan fingerprint density at radius 2 is 2.00 bits per heavy atom. The van der Waals surface area contributed by atoms with E-state index in [1.807, 2.05) is 19.9 Å². The van der Waals surface area contributed by atoms with Crippen LogP contribution in [0.25, 0.3) is 0 Å². The Morgan fingerprint density at radius 1 is 1.32 bits per heavy atom. The lowest BCUT2D eigenvalue weighted by Gasteiger charge is -2.22. The average molecular weight is 370 g/mol. The number of carbonyl (C=O) groups excluding carboxylic acids is 2. The fourth-order valence-corrected chi connectivity index (χ4v) is 2.82. The van der Waals surface area contributed by atoms with E-state index >= 15 is 0 Å². The number of nitrogens with zero attached hydrogens (tertiary/aromatic N) is 1. The van der Waals surface area contributed by atoms with Gasteiger partial charge in [-0.15, -0.1) is 12.4 Å². The van der Waals surface area contributed by atoms with Crippen molar-refractivity contribution in [3.8, 4) is 11.5 Å². The number of nitrogens with two attached hydrogens (primary N) is 1. The van der Waals surface area contributed by atoms with Gasteiger partial charge in [0.2, 0.25) is 11.8 Å². The molecule has 25 heavy (non-hydrogen) atoms. The molecule has 1 aromatic rings. The third kappa shape index (κ3) is 4.35. The second-order valence-electron chi connectivity index (χ2n) is 6.87. The van der Waals surface area contributed by atoms with E-state index < -0.39 is 11.5 Å². The number of amides is 2. The highest BCUT2D eigenvalue weighted by Gasteiger charge is 2.38. The van der Waals surface area contributed by atoms with Crippen molar-refractivity contribution >= 4 is 29.9 Å². The molecule has 0 saturated carbocycles. The minimum absolute atomic E-state index is 0. The molecule has 1 saturated heterocycles. The molecule has 0 aromatic heterocycles. The van der Waals surface area contributed by atoms with Gasteiger partial charge in [0, 0.05) is 30.4 Å². The van der Waals surface area contributed by atoms with Crippen molar-refractivity contribution in [1.29, 1.82) is 0 Å². The summed E-state index contributed by atoms with van der Waals surface area (Å²) in [6.45, 7) is 5.50. The van der Waals surface area contributed by atoms with Crippen molar-refractivity contribution in [2.75, 3.05) is 31.2 Å². The van der Waals surface area contributed by atoms with Gasteiger partial charge in [0.15, 0.2) is 11.5 Å². The van der Waals surface area contributed by atoms with Crippen molar-refractivity contribution in [2.45, 2.75) is 25.8 Å². The Hall–Kier alpha value is -1.99. The van der Waals surface area contributed by atoms with Crippen LogP contribution in [0.1, 0.15) is 20.3 Å². The quantitative estimate of drug-likeness (QED) is 0.775. The highest BCUT2D eigenvalue weighted by Crippen LogP contribution is 2.36. The van der Waals surface area contributed by atoms with E-state index in [2.05, 4.69) is 5.32 Å². The minimum Gasteiger partial charge on any atom is -0.486 e. The van der Waals surface area contributed by atoms with E-state index in [9.17, 15) is 9.59 Å². The van der Waals surface area contributed by atoms with Gasteiger partial charge in [-0.05, 0) is 32.4 Å². The molecule has 1 atom stereocenters. The van der Waals surface area contributed by atoms with E-state index in [4.69, 9.17) is 15.2 Å². The predicted octanol–water partition coefficient (Wildman–Crippen LogP) is 1.09. The zero-order valence-electron chi connectivity index (χ0n) is 14.4. The summed E-state index contributed by atoms with van der Waals surface area (Å²) >= 11 is 0. The Morgan fingerprint density at radius 3 is 2.68 bits per heavy atom. The Bertz CT molecular complexity index is 660. The zero-order valence-corrected chi connectivity index (χ0v) is 15.2. The maximum absolute atomic E-state index is 12.6. The number of rotatable bonds is 4. The third-order valence-electron chi connectivity index (χ3n) is 4.08. The molecular formula is C17H24ClN3O4. The van der Waals surface area contributed by atoms with E-state index in [1.54, 1.807) is 17.0 Å². The molecular weight excluding hydrogens is 346 g/mol. The van der Waals surface area contributed by atoms with Crippen molar-refractivity contribution in [1.82, 2.24) is 5.32 Å². The molecule has 0 aliphatic carbocycles. The predicted molar refractivity (Wildman–Crippen MR) is 96.4 cm³/mol. The van der Waals surface area contributed by atoms with Crippen LogP contribution in [0.2, 0.25) is 0 Å². The lowest BCUT2D eigenvalue weighted by molar-refractivity contribution is -0.132. The molecule has 0 bridgehead atoms. The number of hydrogen-bond donors (Lipinski definition) is 2. The highest BCUT2D eigenvalue weighted by atomic mass is 35.5. The maximum atomic E-state index is 12.6. The number of ether oxygens (including phenoxy) is 2. The molecule has 1 aromatic carbocycles. The molecule has 2 aliphatic rings. The highest BCUT2D eigenvalue weighted by molar-refractivity contribution is 6.09. The number of halogens is 1. The van der Waals surface area contributed by atoms with Crippen LogP contribution in [0, 0.1) is 5.92 Å². The molecule has 8 heteroatoms. The summed E-state index contributed by atoms with van der Waals surface area (Å²) in [6, 6.07) is 5.39. The molecule has 138 valence electrons. The first-order valence-corrected chi connectivity index (χ1v) is 8.13. The van der Waals surface area contributed by atoms with Gasteiger partial charge in [-0.2, -0.15) is 0 Å². The van der Waals surface area contributed by atoms with Crippen LogP contribution in [0.15, 0.2) is 18.2 Å². The summed E-state index contributed by atoms with van der Waals surface area (Å²) in [5.41, 5.74) is 6.08. The lowest BCUT2D eigenvalue weighted by atomic mass is 10.0. The van der Waals surface area contributed by atoms with Gasteiger partial charge >= 0.3 is 0 Å². The van der Waals surface area contributed by atoms with E-state index in [-0.39, 0.29) is 24.2 Å². The van der Waals surface area contributed by atoms with Crippen LogP contribution >= 0.6 is 12.4 Å². The fourth-order valence-electron chi connectivity index (χ4n) is 2.82. The van der Waals surface area contributed by atoms with Crippen molar-refractivity contribution < 1.29 is 19.1 Å². The van der Waals surface area contributed by atoms with Gasteiger partial charge in [-0.3, -0.25) is 9.59 Å². The largest absolute Gasteiger partial charge is 0.486 e. The topological polar surface area (TPSA) is 93.9 Å². The molecule has 0 radical (unpaired) electrons. The number of carbonyl (C=O) groups is 2. The number of anilines is 1. The standard InChI is InChI=1S/C17H23N3O4.ClH/c1-17(2,18)10-19-15(21)12-5-6-20(16(12)22)11-3-4-13-14(9-11)24-8-7-23-13;/h3-4,9,12H,5-8,10,18H2,1-2H3,(H,19,21);1H. The van der Waals surface area contributed by atoms with Crippen LogP contribution in [0.5, 0.6) is 11.5 Å². The summed E-state index contributed by atoms with van der Waals surface area (Å²) in [7, 11) is 0. The third-order valence-corrected chi connectivity index (χ3v) is 4.08. The summed E-state index contributed by atoms with van der Waals surface area (Å²) < 4.78 is 11.0. The van der Waals surface area contributed by atoms with Crippen LogP contribution < -0.4 is 25.4 Å². The first-order valence-electron chi connectivity index (χ1n) is 8.13. The van der Waals surface area contributed by atoms with Crippen LogP contribution in [0.3, 0.4) is 0 Å². The van der Waals surface area contributed by atoms with Crippen LogP contribution in [-0.4, -0.2) is 43.7 Å². The van der Waals surface area contributed by atoms with Crippen molar-refractivity contribution in [2.24, 2.45) is 11.7 Å². The molecule has 7 nitrogen and oxygen atoms in total. The minimum atomic E-state index is -0.666. The number of hydrogen-bond acceptors (Lipinski definition) is 5. The van der Waals surface area contributed by atoms with E-state index in [1.165, 1.54) is 0 Å². The molecule has 2 amide bonds. The maximum Gasteiger partial charge on any atom is 0.239 e. The molecule has 1 fully saturated rings. The van der Waals surface area contributed by atoms with Gasteiger partial charge in [0.1, 0.15) is 19.1 Å². The van der Waals surface area contributed by atoms with Crippen LogP contribution in [-0.2, 0) is 9.59 Å². The first-order chi connectivity index (χ1) is 11.3. The molecule has 3 N–H and O–H groups in total. The van der Waals surface area contributed by atoms with E-state index in [0.29, 0.717) is 44.2 Å². The summed E-state index contributed by atoms with van der Waals surface area (Å²) in [6.07, 6.45) is 0.490. The smallest absolute Gasteiger partial charge is 0.239 e. The molecule has 2 aliphatic heterocycles. The lowest BCUT2D eigenvalue weighted by Crippen LogP contribution is -2.47. The van der Waals surface area contributed by atoms with Crippen LogP contribution in [0.4, 0.5) is 5.69 Å². The normalized spacial score (nSPS) is 19.4. The molecule has 0 spiro atoms. The monoisotopic (exact) mass is 369 g/mol. The fraction of sp³-hybridized carbons (Fsp3) is 0.529.